The molecule has 0 aromatic rings. The SMILES string of the molecule is CCOC(=O)N1CCC2(CC(N3CCC(N4CCC[C@@H]4CCF)CC3)C2)C1. The summed E-state index contributed by atoms with van der Waals surface area (Å²) in [5.41, 5.74) is 0.357. The standard InChI is InChI=1S/C21H36FN3O2/c1-2-27-20(26)24-13-8-21(16-24)14-19(15-21)23-11-6-18(7-12-23)25-10-3-4-17(25)5-9-22/h17-19H,2-16H2,1H3/t17-,19?,21?/m1/s1. The zero-order chi connectivity index (χ0) is 18.9. The average molecular weight is 382 g/mol. The Bertz CT molecular complexity index is 518. The first kappa shape index (κ1) is 19.4. The van der Waals surface area contributed by atoms with E-state index >= 15 is 0 Å². The maximum absolute atomic E-state index is 12.8. The highest BCUT2D eigenvalue weighted by Crippen LogP contribution is 2.50. The van der Waals surface area contributed by atoms with Gasteiger partial charge < -0.3 is 14.5 Å². The van der Waals surface area contributed by atoms with Gasteiger partial charge in [-0.3, -0.25) is 9.29 Å². The number of rotatable bonds is 5. The van der Waals surface area contributed by atoms with Gasteiger partial charge in [0.25, 0.3) is 0 Å². The van der Waals surface area contributed by atoms with E-state index in [0.29, 0.717) is 30.1 Å². The van der Waals surface area contributed by atoms with Gasteiger partial charge in [-0.05, 0) is 83.3 Å². The van der Waals surface area contributed by atoms with Gasteiger partial charge in [-0.25, -0.2) is 4.79 Å². The molecule has 3 saturated heterocycles. The van der Waals surface area contributed by atoms with E-state index in [1.165, 1.54) is 58.2 Å². The molecule has 6 heteroatoms. The lowest BCUT2D eigenvalue weighted by Crippen LogP contribution is -2.56. The van der Waals surface area contributed by atoms with Gasteiger partial charge in [0.05, 0.1) is 13.3 Å². The molecule has 1 spiro atoms. The molecule has 0 N–H and O–H groups in total. The predicted molar refractivity (Wildman–Crippen MR) is 104 cm³/mol. The maximum Gasteiger partial charge on any atom is 0.409 e. The van der Waals surface area contributed by atoms with Gasteiger partial charge in [-0.1, -0.05) is 0 Å². The predicted octanol–water partition coefficient (Wildman–Crippen LogP) is 3.29. The number of amides is 1. The number of nitrogens with zero attached hydrogens (tertiary/aromatic N) is 3. The maximum atomic E-state index is 12.8. The Hall–Kier alpha value is -0.880. The first-order chi connectivity index (χ1) is 13.1. The van der Waals surface area contributed by atoms with Crippen LogP contribution >= 0.6 is 0 Å². The number of piperidine rings is 1. The second-order valence-corrected chi connectivity index (χ2v) is 9.21. The third-order valence-electron chi connectivity index (χ3n) is 7.65. The topological polar surface area (TPSA) is 36.0 Å². The summed E-state index contributed by atoms with van der Waals surface area (Å²) < 4.78 is 18.0. The van der Waals surface area contributed by atoms with E-state index in [9.17, 15) is 9.18 Å². The summed E-state index contributed by atoms with van der Waals surface area (Å²) in [6.07, 6.45) is 9.11. The van der Waals surface area contributed by atoms with Crippen molar-refractivity contribution in [1.29, 1.82) is 0 Å². The van der Waals surface area contributed by atoms with Crippen LogP contribution in [0.3, 0.4) is 0 Å². The summed E-state index contributed by atoms with van der Waals surface area (Å²) in [5.74, 6) is 0. The van der Waals surface area contributed by atoms with Crippen LogP contribution in [-0.2, 0) is 4.74 Å². The molecule has 5 nitrogen and oxygen atoms in total. The smallest absolute Gasteiger partial charge is 0.409 e. The molecular formula is C21H36FN3O2. The lowest BCUT2D eigenvalue weighted by molar-refractivity contribution is -0.0176. The van der Waals surface area contributed by atoms with E-state index in [1.807, 2.05) is 11.8 Å². The van der Waals surface area contributed by atoms with Crippen LogP contribution in [0.2, 0.25) is 0 Å². The second kappa shape index (κ2) is 8.24. The molecule has 4 rings (SSSR count). The summed E-state index contributed by atoms with van der Waals surface area (Å²) in [7, 11) is 0. The van der Waals surface area contributed by atoms with Crippen LogP contribution in [0.25, 0.3) is 0 Å². The van der Waals surface area contributed by atoms with Crippen LogP contribution in [0.5, 0.6) is 0 Å². The van der Waals surface area contributed by atoms with Crippen LogP contribution in [0.15, 0.2) is 0 Å². The van der Waals surface area contributed by atoms with E-state index in [0.717, 1.165) is 25.9 Å². The van der Waals surface area contributed by atoms with Crippen LogP contribution in [0.4, 0.5) is 9.18 Å². The van der Waals surface area contributed by atoms with Gasteiger partial charge in [0.2, 0.25) is 0 Å². The summed E-state index contributed by atoms with van der Waals surface area (Å²) in [5, 5.41) is 0. The van der Waals surface area contributed by atoms with E-state index in [-0.39, 0.29) is 12.8 Å². The fourth-order valence-corrected chi connectivity index (χ4v) is 6.19. The fourth-order valence-electron chi connectivity index (χ4n) is 6.19. The highest BCUT2D eigenvalue weighted by Gasteiger charge is 2.51. The molecule has 3 heterocycles. The van der Waals surface area contributed by atoms with Gasteiger partial charge in [-0.15, -0.1) is 0 Å². The number of carbonyl (C=O) groups is 1. The lowest BCUT2D eigenvalue weighted by Gasteiger charge is -2.52. The summed E-state index contributed by atoms with van der Waals surface area (Å²) in [4.78, 5) is 19.2. The number of alkyl halides is 1. The zero-order valence-electron chi connectivity index (χ0n) is 16.9. The van der Waals surface area contributed by atoms with Crippen molar-refractivity contribution in [1.82, 2.24) is 14.7 Å². The Kier molecular flexibility index (Phi) is 5.93. The Morgan fingerprint density at radius 3 is 2.59 bits per heavy atom. The van der Waals surface area contributed by atoms with Crippen molar-refractivity contribution in [3.63, 3.8) is 0 Å². The Morgan fingerprint density at radius 1 is 1.11 bits per heavy atom. The monoisotopic (exact) mass is 381 g/mol. The molecular weight excluding hydrogens is 345 g/mol. The van der Waals surface area contributed by atoms with E-state index in [4.69, 9.17) is 4.74 Å². The number of likely N-dealkylation sites (tertiary alicyclic amines) is 3. The third kappa shape index (κ3) is 3.98. The molecule has 0 unspecified atom stereocenters. The van der Waals surface area contributed by atoms with Gasteiger partial charge in [0, 0.05) is 31.2 Å². The number of hydrogen-bond acceptors (Lipinski definition) is 4. The summed E-state index contributed by atoms with van der Waals surface area (Å²) in [6, 6.07) is 1.86. The zero-order valence-corrected chi connectivity index (χ0v) is 16.9. The molecule has 1 aliphatic carbocycles. The Morgan fingerprint density at radius 2 is 1.89 bits per heavy atom. The third-order valence-corrected chi connectivity index (χ3v) is 7.65. The number of halogens is 1. The number of carbonyl (C=O) groups excluding carboxylic acids is 1. The largest absolute Gasteiger partial charge is 0.450 e. The molecule has 0 radical (unpaired) electrons. The Balaban J connectivity index is 1.21. The van der Waals surface area contributed by atoms with Crippen LogP contribution in [0, 0.1) is 5.41 Å². The first-order valence-corrected chi connectivity index (χ1v) is 11.1. The fraction of sp³-hybridized carbons (Fsp3) is 0.952. The molecule has 4 aliphatic rings. The van der Waals surface area contributed by atoms with Gasteiger partial charge >= 0.3 is 6.09 Å². The Labute approximate surface area is 163 Å². The van der Waals surface area contributed by atoms with Crippen molar-refractivity contribution in [2.75, 3.05) is 46.0 Å². The molecule has 1 amide bonds. The van der Waals surface area contributed by atoms with Crippen molar-refractivity contribution in [2.45, 2.75) is 76.4 Å². The quantitative estimate of drug-likeness (QED) is 0.732. The van der Waals surface area contributed by atoms with Crippen LogP contribution in [0.1, 0.15) is 58.3 Å². The molecule has 154 valence electrons. The van der Waals surface area contributed by atoms with Crippen molar-refractivity contribution < 1.29 is 13.9 Å². The van der Waals surface area contributed by atoms with Crippen molar-refractivity contribution in [2.24, 2.45) is 5.41 Å². The molecule has 27 heavy (non-hydrogen) atoms. The van der Waals surface area contributed by atoms with E-state index in [1.54, 1.807) is 0 Å². The minimum Gasteiger partial charge on any atom is -0.450 e. The average Bonchev–Trinajstić information content (AvgIpc) is 3.29. The van der Waals surface area contributed by atoms with Crippen molar-refractivity contribution >= 4 is 6.09 Å². The highest BCUT2D eigenvalue weighted by atomic mass is 19.1. The molecule has 0 aromatic heterocycles. The van der Waals surface area contributed by atoms with Crippen molar-refractivity contribution in [3.05, 3.63) is 0 Å². The summed E-state index contributed by atoms with van der Waals surface area (Å²) in [6.45, 7) is 7.45. The molecule has 1 saturated carbocycles. The number of hydrogen-bond donors (Lipinski definition) is 0. The summed E-state index contributed by atoms with van der Waals surface area (Å²) >= 11 is 0. The van der Waals surface area contributed by atoms with Gasteiger partial charge in [0.15, 0.2) is 0 Å². The van der Waals surface area contributed by atoms with Crippen molar-refractivity contribution in [3.8, 4) is 0 Å². The molecule has 4 fully saturated rings. The molecule has 3 aliphatic heterocycles. The normalized spacial score (nSPS) is 35.7. The molecule has 1 atom stereocenters. The first-order valence-electron chi connectivity index (χ1n) is 11.1. The highest BCUT2D eigenvalue weighted by molar-refractivity contribution is 5.68. The van der Waals surface area contributed by atoms with Crippen LogP contribution < -0.4 is 0 Å². The number of ether oxygens (including phenoxy) is 1. The lowest BCUT2D eigenvalue weighted by atomic mass is 9.64. The van der Waals surface area contributed by atoms with Gasteiger partial charge in [-0.2, -0.15) is 0 Å². The van der Waals surface area contributed by atoms with E-state index in [2.05, 4.69) is 9.80 Å². The minimum atomic E-state index is -0.174. The molecule has 0 aromatic carbocycles. The van der Waals surface area contributed by atoms with Gasteiger partial charge in [0.1, 0.15) is 0 Å². The molecule has 0 bridgehead atoms. The van der Waals surface area contributed by atoms with Crippen LogP contribution in [-0.4, -0.2) is 84.9 Å². The second-order valence-electron chi connectivity index (χ2n) is 9.21. The van der Waals surface area contributed by atoms with E-state index < -0.39 is 0 Å². The minimum absolute atomic E-state index is 0.132.